The number of carbonyl (C=O) groups is 1. The van der Waals surface area contributed by atoms with Crippen LogP contribution in [0.25, 0.3) is 0 Å². The molecule has 0 radical (unpaired) electrons. The van der Waals surface area contributed by atoms with Crippen LogP contribution in [0, 0.1) is 0 Å². The molecule has 0 heterocycles. The molecule has 0 aliphatic heterocycles. The third-order valence-electron chi connectivity index (χ3n) is 3.26. The molecule has 0 unspecified atom stereocenters. The summed E-state index contributed by atoms with van der Waals surface area (Å²) in [6.07, 6.45) is 5.11. The Labute approximate surface area is 133 Å². The van der Waals surface area contributed by atoms with Crippen molar-refractivity contribution in [3.05, 3.63) is 24.3 Å². The topological polar surface area (TPSA) is 75.3 Å². The van der Waals surface area contributed by atoms with E-state index in [1.54, 1.807) is 12.1 Å². The Morgan fingerprint density at radius 2 is 1.82 bits per heavy atom. The minimum absolute atomic E-state index is 0.0815. The molecule has 1 aromatic carbocycles. The highest BCUT2D eigenvalue weighted by Crippen LogP contribution is 2.16. The largest absolute Gasteiger partial charge is 0.326 e. The molecule has 6 heteroatoms. The zero-order valence-electron chi connectivity index (χ0n) is 13.4. The molecule has 0 saturated heterocycles. The van der Waals surface area contributed by atoms with Crippen molar-refractivity contribution in [2.24, 2.45) is 0 Å². The molecule has 5 nitrogen and oxygen atoms in total. The second-order valence-corrected chi connectivity index (χ2v) is 7.05. The van der Waals surface area contributed by atoms with Crippen molar-refractivity contribution in [2.75, 3.05) is 11.9 Å². The molecule has 0 aliphatic carbocycles. The van der Waals surface area contributed by atoms with E-state index in [1.165, 1.54) is 12.1 Å². The minimum Gasteiger partial charge on any atom is -0.326 e. The van der Waals surface area contributed by atoms with Crippen molar-refractivity contribution in [1.29, 1.82) is 0 Å². The van der Waals surface area contributed by atoms with Crippen LogP contribution in [-0.4, -0.2) is 20.9 Å². The van der Waals surface area contributed by atoms with Crippen molar-refractivity contribution < 1.29 is 13.2 Å². The number of benzene rings is 1. The lowest BCUT2D eigenvalue weighted by molar-refractivity contribution is -0.116. The summed E-state index contributed by atoms with van der Waals surface area (Å²) in [7, 11) is -3.51. The van der Waals surface area contributed by atoms with E-state index in [1.807, 2.05) is 6.92 Å². The number of anilines is 1. The Hall–Kier alpha value is -1.40. The van der Waals surface area contributed by atoms with E-state index in [0.717, 1.165) is 32.1 Å². The van der Waals surface area contributed by atoms with Gasteiger partial charge in [-0.25, -0.2) is 13.1 Å². The van der Waals surface area contributed by atoms with Gasteiger partial charge in [-0.1, -0.05) is 39.2 Å². The van der Waals surface area contributed by atoms with Crippen LogP contribution in [0.1, 0.15) is 52.4 Å². The quantitative estimate of drug-likeness (QED) is 0.648. The second kappa shape index (κ2) is 9.58. The third-order valence-corrected chi connectivity index (χ3v) is 4.72. The average molecular weight is 326 g/mol. The molecule has 0 fully saturated rings. The van der Waals surface area contributed by atoms with Gasteiger partial charge < -0.3 is 5.32 Å². The molecular weight excluding hydrogens is 300 g/mol. The average Bonchev–Trinajstić information content (AvgIpc) is 2.48. The van der Waals surface area contributed by atoms with Gasteiger partial charge in [-0.05, 0) is 31.0 Å². The molecular formula is C16H26N2O3S. The van der Waals surface area contributed by atoms with E-state index < -0.39 is 10.0 Å². The van der Waals surface area contributed by atoms with Crippen molar-refractivity contribution in [3.8, 4) is 0 Å². The maximum absolute atomic E-state index is 12.1. The van der Waals surface area contributed by atoms with Crippen LogP contribution in [0.3, 0.4) is 0 Å². The lowest BCUT2D eigenvalue weighted by atomic mass is 10.2. The Balaban J connectivity index is 2.67. The minimum atomic E-state index is -3.51. The van der Waals surface area contributed by atoms with Gasteiger partial charge in [0.1, 0.15) is 0 Å². The van der Waals surface area contributed by atoms with Gasteiger partial charge in [0.25, 0.3) is 0 Å². The monoisotopic (exact) mass is 326 g/mol. The van der Waals surface area contributed by atoms with Crippen molar-refractivity contribution in [1.82, 2.24) is 4.72 Å². The first-order valence-electron chi connectivity index (χ1n) is 7.89. The molecule has 1 amide bonds. The summed E-state index contributed by atoms with van der Waals surface area (Å²) in [6.45, 7) is 4.51. The number of hydrogen-bond acceptors (Lipinski definition) is 3. The fourth-order valence-electron chi connectivity index (χ4n) is 1.97. The van der Waals surface area contributed by atoms with Gasteiger partial charge in [0, 0.05) is 18.7 Å². The molecule has 22 heavy (non-hydrogen) atoms. The Kier molecular flexibility index (Phi) is 8.12. The number of unbranched alkanes of at least 4 members (excludes halogenated alkanes) is 3. The number of nitrogens with one attached hydrogen (secondary N) is 2. The third kappa shape index (κ3) is 6.58. The van der Waals surface area contributed by atoms with E-state index in [-0.39, 0.29) is 10.8 Å². The van der Waals surface area contributed by atoms with E-state index in [2.05, 4.69) is 17.0 Å². The van der Waals surface area contributed by atoms with Gasteiger partial charge in [-0.3, -0.25) is 4.79 Å². The number of carbonyl (C=O) groups excluding carboxylic acids is 1. The summed E-state index contributed by atoms with van der Waals surface area (Å²) in [6, 6.07) is 6.35. The van der Waals surface area contributed by atoms with E-state index in [0.29, 0.717) is 18.7 Å². The van der Waals surface area contributed by atoms with Gasteiger partial charge in [0.05, 0.1) is 4.90 Å². The Bertz CT molecular complexity index is 571. The standard InChI is InChI=1S/C16H26N2O3S/c1-3-5-7-11-16(19)18-14-9-8-10-15(13-14)22(20,21)17-12-6-4-2/h8-10,13,17H,3-7,11-12H2,1-2H3,(H,18,19). The van der Waals surface area contributed by atoms with Gasteiger partial charge >= 0.3 is 0 Å². The SMILES string of the molecule is CCCCCC(=O)Nc1cccc(S(=O)(=O)NCCCC)c1. The van der Waals surface area contributed by atoms with Gasteiger partial charge in [0.2, 0.25) is 15.9 Å². The van der Waals surface area contributed by atoms with Gasteiger partial charge in [-0.15, -0.1) is 0 Å². The van der Waals surface area contributed by atoms with Crippen LogP contribution in [0.4, 0.5) is 5.69 Å². The predicted molar refractivity (Wildman–Crippen MR) is 89.3 cm³/mol. The second-order valence-electron chi connectivity index (χ2n) is 5.28. The number of hydrogen-bond donors (Lipinski definition) is 2. The molecule has 0 aromatic heterocycles. The summed E-state index contributed by atoms with van der Waals surface area (Å²) in [5.74, 6) is -0.0815. The fraction of sp³-hybridized carbons (Fsp3) is 0.562. The first kappa shape index (κ1) is 18.6. The highest BCUT2D eigenvalue weighted by molar-refractivity contribution is 7.89. The lowest BCUT2D eigenvalue weighted by Gasteiger charge is -2.09. The van der Waals surface area contributed by atoms with E-state index >= 15 is 0 Å². The maximum Gasteiger partial charge on any atom is 0.240 e. The smallest absolute Gasteiger partial charge is 0.240 e. The van der Waals surface area contributed by atoms with Crippen molar-refractivity contribution >= 4 is 21.6 Å². The molecule has 0 spiro atoms. The summed E-state index contributed by atoms with van der Waals surface area (Å²) in [5, 5.41) is 2.75. The molecule has 1 aromatic rings. The first-order valence-corrected chi connectivity index (χ1v) is 9.37. The molecule has 0 aliphatic rings. The van der Waals surface area contributed by atoms with Gasteiger partial charge in [-0.2, -0.15) is 0 Å². The molecule has 0 atom stereocenters. The lowest BCUT2D eigenvalue weighted by Crippen LogP contribution is -2.24. The molecule has 0 saturated carbocycles. The van der Waals surface area contributed by atoms with Crippen LogP contribution < -0.4 is 10.0 Å². The van der Waals surface area contributed by atoms with Crippen LogP contribution in [0.2, 0.25) is 0 Å². The normalized spacial score (nSPS) is 11.4. The Morgan fingerprint density at radius 3 is 2.50 bits per heavy atom. The fourth-order valence-corrected chi connectivity index (χ4v) is 3.09. The number of sulfonamides is 1. The highest BCUT2D eigenvalue weighted by atomic mass is 32.2. The van der Waals surface area contributed by atoms with E-state index in [9.17, 15) is 13.2 Å². The number of rotatable bonds is 10. The van der Waals surface area contributed by atoms with Crippen LogP contribution in [-0.2, 0) is 14.8 Å². The van der Waals surface area contributed by atoms with Crippen LogP contribution in [0.5, 0.6) is 0 Å². The first-order chi connectivity index (χ1) is 10.5. The molecule has 1 rings (SSSR count). The zero-order chi connectivity index (χ0) is 16.4. The maximum atomic E-state index is 12.1. The zero-order valence-corrected chi connectivity index (χ0v) is 14.2. The summed E-state index contributed by atoms with van der Waals surface area (Å²) in [5.41, 5.74) is 0.514. The molecule has 0 bridgehead atoms. The Morgan fingerprint density at radius 1 is 1.09 bits per heavy atom. The number of amides is 1. The predicted octanol–water partition coefficient (Wildman–Crippen LogP) is 3.28. The highest BCUT2D eigenvalue weighted by Gasteiger charge is 2.14. The molecule has 2 N–H and O–H groups in total. The van der Waals surface area contributed by atoms with Crippen molar-refractivity contribution in [2.45, 2.75) is 57.3 Å². The van der Waals surface area contributed by atoms with Crippen LogP contribution in [0.15, 0.2) is 29.2 Å². The van der Waals surface area contributed by atoms with Gasteiger partial charge in [0.15, 0.2) is 0 Å². The summed E-state index contributed by atoms with van der Waals surface area (Å²) in [4.78, 5) is 12.0. The van der Waals surface area contributed by atoms with Crippen molar-refractivity contribution in [3.63, 3.8) is 0 Å². The summed E-state index contributed by atoms with van der Waals surface area (Å²) >= 11 is 0. The summed E-state index contributed by atoms with van der Waals surface area (Å²) < 4.78 is 26.8. The van der Waals surface area contributed by atoms with Crippen LogP contribution >= 0.6 is 0 Å². The molecule has 124 valence electrons. The van der Waals surface area contributed by atoms with E-state index in [4.69, 9.17) is 0 Å².